The van der Waals surface area contributed by atoms with Gasteiger partial charge in [-0.2, -0.15) is 5.10 Å². The molecule has 0 aliphatic heterocycles. The summed E-state index contributed by atoms with van der Waals surface area (Å²) in [6, 6.07) is 7.60. The molecule has 0 saturated carbocycles. The predicted molar refractivity (Wildman–Crippen MR) is 57.9 cm³/mol. The fourth-order valence-corrected chi connectivity index (χ4v) is 1.85. The summed E-state index contributed by atoms with van der Waals surface area (Å²) in [4.78, 5) is 4.36. The van der Waals surface area contributed by atoms with Gasteiger partial charge in [-0.25, -0.2) is 9.37 Å². The second-order valence-corrected chi connectivity index (χ2v) is 3.55. The van der Waals surface area contributed by atoms with E-state index in [1.165, 1.54) is 0 Å². The summed E-state index contributed by atoms with van der Waals surface area (Å²) in [6.45, 7) is 1.83. The Morgan fingerprint density at radius 3 is 2.88 bits per heavy atom. The number of nitrogens with zero attached hydrogens (tertiary/aromatic N) is 3. The van der Waals surface area contributed by atoms with E-state index in [2.05, 4.69) is 15.2 Å². The number of H-pyrrole nitrogens is 1. The number of aromatic nitrogens is 4. The summed E-state index contributed by atoms with van der Waals surface area (Å²) in [5.74, 6) is 0.668. The molecule has 0 saturated heterocycles. The Hall–Kier alpha value is -2.17. The molecule has 0 atom stereocenters. The van der Waals surface area contributed by atoms with Crippen LogP contribution < -0.4 is 0 Å². The molecule has 3 aromatic rings. The zero-order valence-electron chi connectivity index (χ0n) is 8.61. The van der Waals surface area contributed by atoms with Crippen LogP contribution in [0.25, 0.3) is 16.9 Å². The molecule has 3 rings (SSSR count). The van der Waals surface area contributed by atoms with Gasteiger partial charge in [0.15, 0.2) is 11.6 Å². The summed E-state index contributed by atoms with van der Waals surface area (Å²) in [5.41, 5.74) is 1.71. The lowest BCUT2D eigenvalue weighted by atomic mass is 10.3. The minimum absolute atomic E-state index is 0.325. The first kappa shape index (κ1) is 9.08. The van der Waals surface area contributed by atoms with Crippen molar-refractivity contribution in [2.45, 2.75) is 6.92 Å². The van der Waals surface area contributed by atoms with Crippen LogP contribution in [0, 0.1) is 12.7 Å². The van der Waals surface area contributed by atoms with E-state index < -0.39 is 0 Å². The van der Waals surface area contributed by atoms with Gasteiger partial charge in [0.25, 0.3) is 0 Å². The maximum atomic E-state index is 13.5. The van der Waals surface area contributed by atoms with Gasteiger partial charge in [0.2, 0.25) is 0 Å². The average molecular weight is 216 g/mol. The zero-order chi connectivity index (χ0) is 11.1. The second-order valence-electron chi connectivity index (χ2n) is 3.55. The zero-order valence-corrected chi connectivity index (χ0v) is 8.61. The van der Waals surface area contributed by atoms with Gasteiger partial charge in [-0.15, -0.1) is 0 Å². The highest BCUT2D eigenvalue weighted by atomic mass is 19.1. The van der Waals surface area contributed by atoms with Crippen molar-refractivity contribution in [3.63, 3.8) is 0 Å². The summed E-state index contributed by atoms with van der Waals surface area (Å²) >= 11 is 0. The molecule has 0 spiro atoms. The van der Waals surface area contributed by atoms with Crippen molar-refractivity contribution >= 4 is 11.0 Å². The molecule has 16 heavy (non-hydrogen) atoms. The number of aromatic amines is 1. The molecule has 1 aromatic carbocycles. The van der Waals surface area contributed by atoms with Crippen LogP contribution in [0.5, 0.6) is 0 Å². The van der Waals surface area contributed by atoms with Gasteiger partial charge in [-0.05, 0) is 19.1 Å². The van der Waals surface area contributed by atoms with Crippen molar-refractivity contribution in [2.75, 3.05) is 0 Å². The number of aryl methyl sites for hydroxylation is 1. The number of halogens is 1. The molecule has 0 bridgehead atoms. The van der Waals surface area contributed by atoms with Crippen molar-refractivity contribution in [3.8, 4) is 5.82 Å². The SMILES string of the molecule is Cc1nc2ccccc2n1-c1[nH]ncc1F. The molecular weight excluding hydrogens is 207 g/mol. The van der Waals surface area contributed by atoms with E-state index in [1.54, 1.807) is 4.57 Å². The third-order valence-corrected chi connectivity index (χ3v) is 2.53. The van der Waals surface area contributed by atoms with Crippen molar-refractivity contribution in [3.05, 3.63) is 42.1 Å². The minimum Gasteiger partial charge on any atom is -0.278 e. The topological polar surface area (TPSA) is 46.5 Å². The van der Waals surface area contributed by atoms with Crippen LogP contribution in [0.3, 0.4) is 0 Å². The van der Waals surface area contributed by atoms with Crippen molar-refractivity contribution in [2.24, 2.45) is 0 Å². The van der Waals surface area contributed by atoms with Crippen LogP contribution in [0.1, 0.15) is 5.82 Å². The summed E-state index contributed by atoms with van der Waals surface area (Å²) in [6.07, 6.45) is 1.16. The monoisotopic (exact) mass is 216 g/mol. The molecule has 1 N–H and O–H groups in total. The smallest absolute Gasteiger partial charge is 0.185 e. The number of hydrogen-bond acceptors (Lipinski definition) is 2. The van der Waals surface area contributed by atoms with Gasteiger partial charge in [0.1, 0.15) is 5.82 Å². The lowest BCUT2D eigenvalue weighted by molar-refractivity contribution is 0.618. The van der Waals surface area contributed by atoms with E-state index in [-0.39, 0.29) is 5.82 Å². The molecule has 0 aliphatic rings. The van der Waals surface area contributed by atoms with Crippen molar-refractivity contribution in [1.29, 1.82) is 0 Å². The number of imidazole rings is 1. The lowest BCUT2D eigenvalue weighted by Crippen LogP contribution is -1.99. The minimum atomic E-state index is -0.383. The first-order chi connectivity index (χ1) is 7.77. The first-order valence-electron chi connectivity index (χ1n) is 4.90. The number of benzene rings is 1. The maximum absolute atomic E-state index is 13.5. The fraction of sp³-hybridized carbons (Fsp3) is 0.0909. The molecule has 0 radical (unpaired) electrons. The van der Waals surface area contributed by atoms with Gasteiger partial charge in [-0.3, -0.25) is 9.67 Å². The van der Waals surface area contributed by atoms with Gasteiger partial charge in [-0.1, -0.05) is 12.1 Å². The summed E-state index contributed by atoms with van der Waals surface area (Å²) in [5, 5.41) is 6.32. The predicted octanol–water partition coefficient (Wildman–Crippen LogP) is 2.20. The van der Waals surface area contributed by atoms with Crippen LogP contribution in [0.2, 0.25) is 0 Å². The molecule has 80 valence electrons. The number of nitrogens with one attached hydrogen (secondary N) is 1. The Morgan fingerprint density at radius 1 is 1.31 bits per heavy atom. The molecule has 0 fully saturated rings. The first-order valence-corrected chi connectivity index (χ1v) is 4.90. The van der Waals surface area contributed by atoms with Gasteiger partial charge in [0, 0.05) is 0 Å². The second kappa shape index (κ2) is 3.16. The molecule has 4 nitrogen and oxygen atoms in total. The molecule has 2 aromatic heterocycles. The number of rotatable bonds is 1. The van der Waals surface area contributed by atoms with E-state index >= 15 is 0 Å². The molecule has 2 heterocycles. The molecular formula is C11H9FN4. The number of fused-ring (bicyclic) bond motifs is 1. The Bertz CT molecular complexity index is 653. The Labute approximate surface area is 90.7 Å². The highest BCUT2D eigenvalue weighted by molar-refractivity contribution is 5.77. The van der Waals surface area contributed by atoms with Crippen molar-refractivity contribution < 1.29 is 4.39 Å². The highest BCUT2D eigenvalue weighted by Crippen LogP contribution is 2.20. The molecule has 0 unspecified atom stereocenters. The van der Waals surface area contributed by atoms with E-state index in [4.69, 9.17) is 0 Å². The van der Waals surface area contributed by atoms with E-state index in [1.807, 2.05) is 31.2 Å². The normalized spacial score (nSPS) is 11.1. The van der Waals surface area contributed by atoms with Crippen molar-refractivity contribution in [1.82, 2.24) is 19.7 Å². The lowest BCUT2D eigenvalue weighted by Gasteiger charge is -2.02. The fourth-order valence-electron chi connectivity index (χ4n) is 1.85. The van der Waals surface area contributed by atoms with Crippen LogP contribution in [0.15, 0.2) is 30.5 Å². The van der Waals surface area contributed by atoms with Crippen LogP contribution in [-0.2, 0) is 0 Å². The molecule has 5 heteroatoms. The van der Waals surface area contributed by atoms with Gasteiger partial charge in [0.05, 0.1) is 17.2 Å². The van der Waals surface area contributed by atoms with Gasteiger partial charge >= 0.3 is 0 Å². The number of para-hydroxylation sites is 2. The Morgan fingerprint density at radius 2 is 2.12 bits per heavy atom. The molecule has 0 amide bonds. The average Bonchev–Trinajstić information content (AvgIpc) is 2.81. The highest BCUT2D eigenvalue weighted by Gasteiger charge is 2.13. The van der Waals surface area contributed by atoms with Crippen LogP contribution in [0.4, 0.5) is 4.39 Å². The summed E-state index contributed by atoms with van der Waals surface area (Å²) in [7, 11) is 0. The largest absolute Gasteiger partial charge is 0.278 e. The van der Waals surface area contributed by atoms with E-state index in [0.29, 0.717) is 5.82 Å². The molecule has 0 aliphatic carbocycles. The van der Waals surface area contributed by atoms with E-state index in [9.17, 15) is 4.39 Å². The third kappa shape index (κ3) is 1.14. The summed E-state index contributed by atoms with van der Waals surface area (Å²) < 4.78 is 15.2. The van der Waals surface area contributed by atoms with Gasteiger partial charge < -0.3 is 0 Å². The standard InChI is InChI=1S/C11H9FN4/c1-7-14-9-4-2-3-5-10(9)16(7)11-8(12)6-13-15-11/h2-6H,1H3,(H,13,15). The third-order valence-electron chi connectivity index (χ3n) is 2.53. The van der Waals surface area contributed by atoms with Crippen LogP contribution >= 0.6 is 0 Å². The maximum Gasteiger partial charge on any atom is 0.185 e. The Kier molecular flexibility index (Phi) is 1.80. The number of hydrogen-bond donors (Lipinski definition) is 1. The Balaban J connectivity index is 2.39. The van der Waals surface area contributed by atoms with Crippen LogP contribution in [-0.4, -0.2) is 19.7 Å². The quantitative estimate of drug-likeness (QED) is 0.677. The van der Waals surface area contributed by atoms with E-state index in [0.717, 1.165) is 23.1 Å².